The first-order valence-electron chi connectivity index (χ1n) is 24.0. The Labute approximate surface area is 449 Å². The molecule has 0 saturated carbocycles. The first kappa shape index (κ1) is 54.8. The fraction of sp³-hybridized carbons (Fsp3) is 0.0984. The maximum absolute atomic E-state index is 15.0. The summed E-state index contributed by atoms with van der Waals surface area (Å²) in [5, 5.41) is 11.6. The second-order valence-electron chi connectivity index (χ2n) is 19.0. The summed E-state index contributed by atoms with van der Waals surface area (Å²) in [5.74, 6) is 0. The molecule has 0 bridgehead atoms. The van der Waals surface area contributed by atoms with Gasteiger partial charge in [-0.05, 0) is 130 Å². The van der Waals surface area contributed by atoms with Crippen molar-refractivity contribution in [2.75, 3.05) is 0 Å². The largest absolute Gasteiger partial charge is 0.417 e. The van der Waals surface area contributed by atoms with Gasteiger partial charge in [0.15, 0.2) is 0 Å². The third-order valence-corrected chi connectivity index (χ3v) is 14.1. The number of nitriles is 1. The normalized spacial score (nSPS) is 13.0. The molecule has 11 aromatic rings. The van der Waals surface area contributed by atoms with E-state index in [4.69, 9.17) is 0 Å². The van der Waals surface area contributed by atoms with Gasteiger partial charge in [-0.25, -0.2) is 0 Å². The molecule has 0 fully saturated rings. The molecule has 21 heteroatoms. The predicted molar refractivity (Wildman–Crippen MR) is 272 cm³/mol. The molecule has 3 nitrogen and oxygen atoms in total. The first-order valence-corrected chi connectivity index (χ1v) is 24.0. The standard InChI is InChI=1S/C61H29F18N3/c62-56(63,64)35-13-17-38(47(27-35)59(71,72)73)32-10-20-52-44(24-32)41-5-1-3-7-50(41)81(52)53-21-11-34(40-19-15-37(58(68,69)70)29-49(40)61(77,78)79)26-46(53)43-16-9-31(30-80)23-55(43)82-51-8-4-2-6-42(51)45-25-33(12-22-54(45)82)39-18-14-36(57(65,66)67)28-48(39)60(74,75)76/h1-29H. The van der Waals surface area contributed by atoms with Gasteiger partial charge in [-0.1, -0.05) is 78.9 Å². The van der Waals surface area contributed by atoms with Crippen LogP contribution in [0.2, 0.25) is 0 Å². The van der Waals surface area contributed by atoms with Crippen LogP contribution in [0, 0.1) is 11.3 Å². The van der Waals surface area contributed by atoms with Gasteiger partial charge >= 0.3 is 37.1 Å². The second-order valence-corrected chi connectivity index (χ2v) is 19.0. The maximum atomic E-state index is 15.0. The molecule has 0 aliphatic heterocycles. The van der Waals surface area contributed by atoms with Crippen molar-refractivity contribution in [3.8, 4) is 62.0 Å². The van der Waals surface area contributed by atoms with Crippen LogP contribution in [-0.4, -0.2) is 9.13 Å². The summed E-state index contributed by atoms with van der Waals surface area (Å²) in [4.78, 5) is 0. The zero-order valence-electron chi connectivity index (χ0n) is 40.9. The average Bonchev–Trinajstić information content (AvgIpc) is 3.38. The van der Waals surface area contributed by atoms with Gasteiger partial charge in [0.05, 0.1) is 78.5 Å². The summed E-state index contributed by atoms with van der Waals surface area (Å²) >= 11 is 0. The molecular weight excluding hydrogens is 1120 g/mol. The third-order valence-electron chi connectivity index (χ3n) is 14.1. The highest BCUT2D eigenvalue weighted by atomic mass is 19.4. The maximum Gasteiger partial charge on any atom is 0.417 e. The quantitative estimate of drug-likeness (QED) is 0.153. The molecule has 11 rings (SSSR count). The van der Waals surface area contributed by atoms with Crippen molar-refractivity contribution in [3.63, 3.8) is 0 Å². The van der Waals surface area contributed by atoms with Crippen LogP contribution < -0.4 is 0 Å². The van der Waals surface area contributed by atoms with Crippen molar-refractivity contribution in [2.24, 2.45) is 0 Å². The Morgan fingerprint density at radius 1 is 0.280 bits per heavy atom. The molecule has 0 saturated heterocycles. The van der Waals surface area contributed by atoms with Crippen LogP contribution in [0.5, 0.6) is 0 Å². The number of halogens is 18. The average molecular weight is 1150 g/mol. The summed E-state index contributed by atoms with van der Waals surface area (Å²) < 4.78 is 260. The SMILES string of the molecule is N#Cc1ccc(-c2cc(-c3ccc(C(F)(F)F)cc3C(F)(F)F)ccc2-n2c3ccccc3c3cc(-c4ccc(C(F)(F)F)cc4C(F)(F)F)ccc32)c(-n2c3ccccc3c3cc(-c4ccc(C(F)(F)F)cc4C(F)(F)F)ccc32)c1. The molecule has 0 N–H and O–H groups in total. The lowest BCUT2D eigenvalue weighted by atomic mass is 9.92. The summed E-state index contributed by atoms with van der Waals surface area (Å²) in [5.41, 5.74) is -10.7. The van der Waals surface area contributed by atoms with Crippen LogP contribution >= 0.6 is 0 Å². The number of hydrogen-bond acceptors (Lipinski definition) is 1. The summed E-state index contributed by atoms with van der Waals surface area (Å²) in [6.45, 7) is 0. The van der Waals surface area contributed by atoms with E-state index in [0.717, 1.165) is 0 Å². The van der Waals surface area contributed by atoms with Gasteiger partial charge < -0.3 is 9.13 Å². The minimum absolute atomic E-state index is 0.00438. The highest BCUT2D eigenvalue weighted by molar-refractivity contribution is 6.13. The second kappa shape index (κ2) is 19.0. The van der Waals surface area contributed by atoms with E-state index in [1.807, 2.05) is 6.07 Å². The lowest BCUT2D eigenvalue weighted by Crippen LogP contribution is -2.12. The van der Waals surface area contributed by atoms with Gasteiger partial charge in [-0.2, -0.15) is 84.3 Å². The number of alkyl halides is 18. The number of aromatic nitrogens is 2. The number of hydrogen-bond donors (Lipinski definition) is 0. The molecule has 0 amide bonds. The van der Waals surface area contributed by atoms with E-state index in [2.05, 4.69) is 0 Å². The number of para-hydroxylation sites is 2. The molecule has 414 valence electrons. The van der Waals surface area contributed by atoms with Crippen molar-refractivity contribution in [1.82, 2.24) is 9.13 Å². The van der Waals surface area contributed by atoms with Gasteiger partial charge in [-0.3, -0.25) is 0 Å². The molecule has 0 unspecified atom stereocenters. The molecule has 0 aliphatic rings. The number of fused-ring (bicyclic) bond motifs is 6. The van der Waals surface area contributed by atoms with Gasteiger partial charge in [0, 0.05) is 32.7 Å². The van der Waals surface area contributed by atoms with Crippen molar-refractivity contribution in [3.05, 3.63) is 215 Å². The number of benzene rings is 9. The Balaban J connectivity index is 1.21. The van der Waals surface area contributed by atoms with Crippen molar-refractivity contribution in [1.29, 1.82) is 5.26 Å². The smallest absolute Gasteiger partial charge is 0.309 e. The lowest BCUT2D eigenvalue weighted by Gasteiger charge is -2.21. The number of nitrogens with zero attached hydrogens (tertiary/aromatic N) is 3. The Hall–Kier alpha value is -9.19. The Morgan fingerprint density at radius 2 is 0.634 bits per heavy atom. The van der Waals surface area contributed by atoms with E-state index in [9.17, 15) is 84.3 Å². The van der Waals surface area contributed by atoms with Gasteiger partial charge in [0.25, 0.3) is 0 Å². The molecular formula is C61H29F18N3. The monoisotopic (exact) mass is 1150 g/mol. The van der Waals surface area contributed by atoms with Crippen LogP contribution in [0.3, 0.4) is 0 Å². The molecule has 2 aromatic heterocycles. The Bertz CT molecular complexity index is 4440. The van der Waals surface area contributed by atoms with E-state index in [1.54, 1.807) is 57.7 Å². The van der Waals surface area contributed by atoms with Gasteiger partial charge in [-0.15, -0.1) is 0 Å². The molecule has 0 spiro atoms. The fourth-order valence-electron chi connectivity index (χ4n) is 10.5. The Morgan fingerprint density at radius 3 is 1.02 bits per heavy atom. The van der Waals surface area contributed by atoms with Crippen molar-refractivity contribution < 1.29 is 79.0 Å². The highest BCUT2D eigenvalue weighted by Crippen LogP contribution is 2.49. The van der Waals surface area contributed by atoms with Crippen LogP contribution in [0.4, 0.5) is 79.0 Å². The van der Waals surface area contributed by atoms with Crippen molar-refractivity contribution >= 4 is 43.6 Å². The van der Waals surface area contributed by atoms with E-state index in [-0.39, 0.29) is 84.8 Å². The minimum atomic E-state index is -5.37. The zero-order chi connectivity index (χ0) is 58.8. The highest BCUT2D eigenvalue weighted by Gasteiger charge is 2.42. The number of rotatable bonds is 6. The van der Waals surface area contributed by atoms with Gasteiger partial charge in [0.1, 0.15) is 0 Å². The summed E-state index contributed by atoms with van der Waals surface area (Å²) in [6.07, 6.45) is -31.4. The Kier molecular flexibility index (Phi) is 12.7. The molecule has 2 heterocycles. The van der Waals surface area contributed by atoms with E-state index in [1.165, 1.54) is 72.8 Å². The molecule has 0 radical (unpaired) electrons. The fourth-order valence-corrected chi connectivity index (χ4v) is 10.5. The van der Waals surface area contributed by atoms with Crippen LogP contribution in [0.1, 0.15) is 38.9 Å². The van der Waals surface area contributed by atoms with Crippen molar-refractivity contribution in [2.45, 2.75) is 37.1 Å². The molecule has 0 atom stereocenters. The van der Waals surface area contributed by atoms with E-state index >= 15 is 0 Å². The minimum Gasteiger partial charge on any atom is -0.309 e. The van der Waals surface area contributed by atoms with Crippen LogP contribution in [0.25, 0.3) is 99.5 Å². The molecule has 0 aliphatic carbocycles. The summed E-state index contributed by atoms with van der Waals surface area (Å²) in [6, 6.07) is 34.0. The molecule has 82 heavy (non-hydrogen) atoms. The predicted octanol–water partition coefficient (Wildman–Crippen LogP) is 20.5. The first-order chi connectivity index (χ1) is 38.4. The van der Waals surface area contributed by atoms with E-state index < -0.39 is 87.1 Å². The zero-order valence-corrected chi connectivity index (χ0v) is 40.9. The molecule has 9 aromatic carbocycles. The lowest BCUT2D eigenvalue weighted by molar-refractivity contribution is -0.144. The van der Waals surface area contributed by atoms with Crippen LogP contribution in [0.15, 0.2) is 176 Å². The van der Waals surface area contributed by atoms with E-state index in [0.29, 0.717) is 58.2 Å². The van der Waals surface area contributed by atoms with Crippen LogP contribution in [-0.2, 0) is 37.1 Å². The van der Waals surface area contributed by atoms with Gasteiger partial charge in [0.2, 0.25) is 0 Å². The third kappa shape index (κ3) is 9.58. The summed E-state index contributed by atoms with van der Waals surface area (Å²) in [7, 11) is 0. The topological polar surface area (TPSA) is 33.6 Å².